The predicted octanol–water partition coefficient (Wildman–Crippen LogP) is 4.48. The number of carbonyl (C=O) groups excluding carboxylic acids is 1. The van der Waals surface area contributed by atoms with Gasteiger partial charge in [0.25, 0.3) is 0 Å². The molecular formula is C17H11ClN2O2S. The van der Waals surface area contributed by atoms with E-state index in [0.29, 0.717) is 15.9 Å². The fraction of sp³-hybridized carbons (Fsp3) is 0. The second kappa shape index (κ2) is 7.17. The van der Waals surface area contributed by atoms with Crippen molar-refractivity contribution in [1.29, 1.82) is 0 Å². The van der Waals surface area contributed by atoms with Gasteiger partial charge in [0.2, 0.25) is 0 Å². The molecule has 0 saturated heterocycles. The summed E-state index contributed by atoms with van der Waals surface area (Å²) in [5, 5.41) is 0.836. The van der Waals surface area contributed by atoms with Crippen LogP contribution >= 0.6 is 22.9 Å². The maximum Gasteiger partial charge on any atom is 0.336 e. The van der Waals surface area contributed by atoms with Crippen LogP contribution in [-0.4, -0.2) is 15.9 Å². The van der Waals surface area contributed by atoms with E-state index in [0.717, 1.165) is 10.4 Å². The van der Waals surface area contributed by atoms with Crippen molar-refractivity contribution in [2.45, 2.75) is 0 Å². The van der Waals surface area contributed by atoms with Gasteiger partial charge in [0, 0.05) is 6.08 Å². The molecule has 3 aromatic rings. The number of aromatic nitrogens is 2. The van der Waals surface area contributed by atoms with Gasteiger partial charge in [0.1, 0.15) is 5.15 Å². The Morgan fingerprint density at radius 3 is 2.65 bits per heavy atom. The SMILES string of the molecule is O=C(/C=C/c1ccccc1)Oc1ccc(-c2cnc(Cl)cn2)s1. The summed E-state index contributed by atoms with van der Waals surface area (Å²) >= 11 is 7.03. The average Bonchev–Trinajstić information content (AvgIpc) is 3.03. The molecule has 6 heteroatoms. The molecule has 3 rings (SSSR count). The first-order chi connectivity index (χ1) is 11.2. The third kappa shape index (κ3) is 4.25. The van der Waals surface area contributed by atoms with Crippen molar-refractivity contribution in [3.8, 4) is 15.6 Å². The van der Waals surface area contributed by atoms with Crippen LogP contribution in [0, 0.1) is 0 Å². The average molecular weight is 343 g/mol. The zero-order chi connectivity index (χ0) is 16.1. The normalized spacial score (nSPS) is 10.8. The summed E-state index contributed by atoms with van der Waals surface area (Å²) in [6.45, 7) is 0. The lowest BCUT2D eigenvalue weighted by Crippen LogP contribution is -2.01. The van der Waals surface area contributed by atoms with Crippen LogP contribution in [0.4, 0.5) is 0 Å². The van der Waals surface area contributed by atoms with Crippen LogP contribution in [0.25, 0.3) is 16.6 Å². The highest BCUT2D eigenvalue weighted by Gasteiger charge is 2.08. The first-order valence-corrected chi connectivity index (χ1v) is 7.93. The number of esters is 1. The van der Waals surface area contributed by atoms with E-state index in [1.807, 2.05) is 36.4 Å². The molecule has 0 saturated carbocycles. The summed E-state index contributed by atoms with van der Waals surface area (Å²) in [5.41, 5.74) is 1.62. The van der Waals surface area contributed by atoms with E-state index in [1.54, 1.807) is 18.3 Å². The molecular weight excluding hydrogens is 332 g/mol. The van der Waals surface area contributed by atoms with Crippen LogP contribution in [0.5, 0.6) is 5.06 Å². The van der Waals surface area contributed by atoms with Crippen molar-refractivity contribution in [3.05, 3.63) is 71.7 Å². The van der Waals surface area contributed by atoms with Crippen LogP contribution in [-0.2, 0) is 4.79 Å². The number of thiophene rings is 1. The predicted molar refractivity (Wildman–Crippen MR) is 91.5 cm³/mol. The lowest BCUT2D eigenvalue weighted by Gasteiger charge is -1.97. The second-order valence-electron chi connectivity index (χ2n) is 4.51. The Bertz CT molecular complexity index is 829. The van der Waals surface area contributed by atoms with Gasteiger partial charge in [-0.3, -0.25) is 4.98 Å². The molecule has 2 heterocycles. The minimum atomic E-state index is -0.426. The first-order valence-electron chi connectivity index (χ1n) is 6.73. The topological polar surface area (TPSA) is 52.1 Å². The second-order valence-corrected chi connectivity index (χ2v) is 5.94. The molecule has 0 amide bonds. The number of rotatable bonds is 4. The lowest BCUT2D eigenvalue weighted by atomic mass is 10.2. The van der Waals surface area contributed by atoms with Gasteiger partial charge in [-0.2, -0.15) is 0 Å². The lowest BCUT2D eigenvalue weighted by molar-refractivity contribution is -0.128. The summed E-state index contributed by atoms with van der Waals surface area (Å²) in [7, 11) is 0. The van der Waals surface area contributed by atoms with Crippen LogP contribution in [0.2, 0.25) is 5.15 Å². The van der Waals surface area contributed by atoms with Gasteiger partial charge in [0.05, 0.1) is 23.0 Å². The van der Waals surface area contributed by atoms with Crippen LogP contribution in [0.1, 0.15) is 5.56 Å². The Hall–Kier alpha value is -2.50. The summed E-state index contributed by atoms with van der Waals surface area (Å²) in [6, 6.07) is 13.1. The highest BCUT2D eigenvalue weighted by atomic mass is 35.5. The van der Waals surface area contributed by atoms with Crippen molar-refractivity contribution >= 4 is 35.0 Å². The third-order valence-electron chi connectivity index (χ3n) is 2.87. The fourth-order valence-corrected chi connectivity index (χ4v) is 2.73. The van der Waals surface area contributed by atoms with Crippen molar-refractivity contribution in [1.82, 2.24) is 9.97 Å². The van der Waals surface area contributed by atoms with Crippen molar-refractivity contribution < 1.29 is 9.53 Å². The molecule has 1 aromatic carbocycles. The molecule has 0 atom stereocenters. The Kier molecular flexibility index (Phi) is 4.80. The maximum absolute atomic E-state index is 11.8. The van der Waals surface area contributed by atoms with Gasteiger partial charge >= 0.3 is 5.97 Å². The summed E-state index contributed by atoms with van der Waals surface area (Å²) in [6.07, 6.45) is 6.16. The summed E-state index contributed by atoms with van der Waals surface area (Å²) in [5.74, 6) is -0.426. The van der Waals surface area contributed by atoms with E-state index < -0.39 is 5.97 Å². The number of halogens is 1. The van der Waals surface area contributed by atoms with Gasteiger partial charge in [-0.25, -0.2) is 9.78 Å². The molecule has 0 bridgehead atoms. The zero-order valence-electron chi connectivity index (χ0n) is 11.8. The Morgan fingerprint density at radius 2 is 1.91 bits per heavy atom. The number of hydrogen-bond donors (Lipinski definition) is 0. The van der Waals surface area contributed by atoms with E-state index in [4.69, 9.17) is 16.3 Å². The smallest absolute Gasteiger partial charge is 0.336 e. The molecule has 0 aliphatic carbocycles. The van der Waals surface area contributed by atoms with Gasteiger partial charge in [-0.05, 0) is 23.8 Å². The summed E-state index contributed by atoms with van der Waals surface area (Å²) in [4.78, 5) is 20.8. The molecule has 0 radical (unpaired) electrons. The van der Waals surface area contributed by atoms with E-state index in [-0.39, 0.29) is 0 Å². The molecule has 0 fully saturated rings. The van der Waals surface area contributed by atoms with Crippen LogP contribution < -0.4 is 4.74 Å². The molecule has 0 N–H and O–H groups in total. The van der Waals surface area contributed by atoms with Gasteiger partial charge in [0.15, 0.2) is 5.06 Å². The molecule has 114 valence electrons. The van der Waals surface area contributed by atoms with E-state index in [1.165, 1.54) is 23.6 Å². The molecule has 0 aliphatic heterocycles. The van der Waals surface area contributed by atoms with Crippen molar-refractivity contribution in [3.63, 3.8) is 0 Å². The van der Waals surface area contributed by atoms with Crippen molar-refractivity contribution in [2.24, 2.45) is 0 Å². The Labute approximate surface area is 142 Å². The van der Waals surface area contributed by atoms with Gasteiger partial charge in [-0.15, -0.1) is 0 Å². The number of ether oxygens (including phenoxy) is 1. The number of nitrogens with zero attached hydrogens (tertiary/aromatic N) is 2. The highest BCUT2D eigenvalue weighted by Crippen LogP contribution is 2.31. The highest BCUT2D eigenvalue weighted by molar-refractivity contribution is 7.17. The minimum Gasteiger partial charge on any atom is -0.412 e. The quantitative estimate of drug-likeness (QED) is 0.518. The number of benzene rings is 1. The maximum atomic E-state index is 11.8. The number of hydrogen-bond acceptors (Lipinski definition) is 5. The van der Waals surface area contributed by atoms with Crippen LogP contribution in [0.3, 0.4) is 0 Å². The largest absolute Gasteiger partial charge is 0.412 e. The molecule has 0 aliphatic rings. The minimum absolute atomic E-state index is 0.336. The molecule has 4 nitrogen and oxygen atoms in total. The monoisotopic (exact) mass is 342 g/mol. The fourth-order valence-electron chi connectivity index (χ4n) is 1.81. The van der Waals surface area contributed by atoms with E-state index >= 15 is 0 Å². The van der Waals surface area contributed by atoms with Crippen LogP contribution in [0.15, 0.2) is 60.9 Å². The third-order valence-corrected chi connectivity index (χ3v) is 4.05. The van der Waals surface area contributed by atoms with Gasteiger partial charge < -0.3 is 4.74 Å². The molecule has 0 unspecified atom stereocenters. The summed E-state index contributed by atoms with van der Waals surface area (Å²) < 4.78 is 5.28. The standard InChI is InChI=1S/C17H11ClN2O2S/c18-15-11-19-13(10-20-15)14-7-9-17(23-14)22-16(21)8-6-12-4-2-1-3-5-12/h1-11H/b8-6+. The molecule has 23 heavy (non-hydrogen) atoms. The van der Waals surface area contributed by atoms with E-state index in [2.05, 4.69) is 9.97 Å². The van der Waals surface area contributed by atoms with E-state index in [9.17, 15) is 4.79 Å². The molecule has 0 spiro atoms. The van der Waals surface area contributed by atoms with Crippen molar-refractivity contribution in [2.75, 3.05) is 0 Å². The van der Waals surface area contributed by atoms with Gasteiger partial charge in [-0.1, -0.05) is 53.3 Å². The first kappa shape index (κ1) is 15.4. The number of carbonyl (C=O) groups is 1. The zero-order valence-corrected chi connectivity index (χ0v) is 13.4. The Balaban J connectivity index is 1.66. The Morgan fingerprint density at radius 1 is 1.09 bits per heavy atom. The molecule has 2 aromatic heterocycles.